The van der Waals surface area contributed by atoms with Crippen molar-refractivity contribution in [1.29, 1.82) is 0 Å². The van der Waals surface area contributed by atoms with Gasteiger partial charge in [0.05, 0.1) is 25.3 Å². The predicted octanol–water partition coefficient (Wildman–Crippen LogP) is 3.40. The number of ether oxygens (including phenoxy) is 2. The van der Waals surface area contributed by atoms with Crippen molar-refractivity contribution in [1.82, 2.24) is 4.90 Å². The summed E-state index contributed by atoms with van der Waals surface area (Å²) in [5.41, 5.74) is 1.08. The summed E-state index contributed by atoms with van der Waals surface area (Å²) >= 11 is 5.87. The molecule has 2 aromatic rings. The van der Waals surface area contributed by atoms with Gasteiger partial charge in [0.2, 0.25) is 5.91 Å². The first-order chi connectivity index (χ1) is 15.3. The normalized spacial score (nSPS) is 13.9. The summed E-state index contributed by atoms with van der Waals surface area (Å²) in [5, 5.41) is 3.32. The van der Waals surface area contributed by atoms with Crippen molar-refractivity contribution in [2.75, 3.05) is 32.6 Å². The summed E-state index contributed by atoms with van der Waals surface area (Å²) in [6.07, 6.45) is 0.984. The Kier molecular flexibility index (Phi) is 7.48. The minimum atomic E-state index is -0.639. The number of amides is 2. The first-order valence-corrected chi connectivity index (χ1v) is 10.4. The van der Waals surface area contributed by atoms with E-state index in [0.29, 0.717) is 36.5 Å². The summed E-state index contributed by atoms with van der Waals surface area (Å²) in [6, 6.07) is 10.9. The summed E-state index contributed by atoms with van der Waals surface area (Å²) in [5.74, 6) is -1.94. The fourth-order valence-electron chi connectivity index (χ4n) is 3.54. The second-order valence-corrected chi connectivity index (χ2v) is 7.78. The zero-order valence-corrected chi connectivity index (χ0v) is 18.5. The molecule has 0 atom stereocenters. The number of rotatable bonds is 5. The van der Waals surface area contributed by atoms with Crippen molar-refractivity contribution in [2.45, 2.75) is 12.8 Å². The molecule has 1 heterocycles. The average Bonchev–Trinajstić information content (AvgIpc) is 2.82. The molecule has 1 N–H and O–H groups in total. The van der Waals surface area contributed by atoms with Gasteiger partial charge in [0, 0.05) is 35.3 Å². The summed E-state index contributed by atoms with van der Waals surface area (Å²) < 4.78 is 9.42. The number of nitrogens with one attached hydrogen (secondary N) is 1. The van der Waals surface area contributed by atoms with Gasteiger partial charge in [-0.3, -0.25) is 9.59 Å². The molecule has 1 aliphatic rings. The Morgan fingerprint density at radius 3 is 1.91 bits per heavy atom. The highest BCUT2D eigenvalue weighted by Gasteiger charge is 2.28. The number of nitrogens with zero attached hydrogens (tertiary/aromatic N) is 1. The van der Waals surface area contributed by atoms with Crippen LogP contribution in [0.15, 0.2) is 42.5 Å². The van der Waals surface area contributed by atoms with Gasteiger partial charge in [-0.1, -0.05) is 11.6 Å². The van der Waals surface area contributed by atoms with Crippen molar-refractivity contribution in [3.8, 4) is 0 Å². The number of hydrogen-bond acceptors (Lipinski definition) is 6. The van der Waals surface area contributed by atoms with Crippen LogP contribution in [0, 0.1) is 5.92 Å². The molecular weight excluding hydrogens is 436 g/mol. The van der Waals surface area contributed by atoms with E-state index in [-0.39, 0.29) is 34.5 Å². The fraction of sp³-hybridized carbons (Fsp3) is 0.304. The number of carbonyl (C=O) groups is 4. The van der Waals surface area contributed by atoms with Gasteiger partial charge in [-0.25, -0.2) is 9.59 Å². The molecule has 9 heteroatoms. The zero-order chi connectivity index (χ0) is 23.3. The van der Waals surface area contributed by atoms with Gasteiger partial charge in [0.1, 0.15) is 0 Å². The highest BCUT2D eigenvalue weighted by molar-refractivity contribution is 6.30. The van der Waals surface area contributed by atoms with E-state index < -0.39 is 11.9 Å². The number of carbonyl (C=O) groups excluding carboxylic acids is 4. The minimum absolute atomic E-state index is 0.103. The first-order valence-electron chi connectivity index (χ1n) is 9.99. The summed E-state index contributed by atoms with van der Waals surface area (Å²) in [4.78, 5) is 51.0. The molecule has 1 saturated heterocycles. The summed E-state index contributed by atoms with van der Waals surface area (Å²) in [7, 11) is 2.45. The smallest absolute Gasteiger partial charge is 0.337 e. The zero-order valence-electron chi connectivity index (χ0n) is 17.7. The molecule has 0 bridgehead atoms. The quantitative estimate of drug-likeness (QED) is 0.689. The van der Waals surface area contributed by atoms with Crippen LogP contribution < -0.4 is 5.32 Å². The van der Waals surface area contributed by atoms with E-state index >= 15 is 0 Å². The summed E-state index contributed by atoms with van der Waals surface area (Å²) in [6.45, 7) is 0.879. The van der Waals surface area contributed by atoms with Gasteiger partial charge in [-0.15, -0.1) is 0 Å². The van der Waals surface area contributed by atoms with Crippen LogP contribution in [0.3, 0.4) is 0 Å². The second kappa shape index (κ2) is 10.3. The molecule has 2 aromatic carbocycles. The molecule has 0 aromatic heterocycles. The Balaban J connectivity index is 1.65. The number of likely N-dealkylation sites (tertiary alicyclic amines) is 1. The highest BCUT2D eigenvalue weighted by Crippen LogP contribution is 2.23. The lowest BCUT2D eigenvalue weighted by Gasteiger charge is -2.31. The van der Waals surface area contributed by atoms with E-state index in [0.717, 1.165) is 0 Å². The third-order valence-electron chi connectivity index (χ3n) is 5.29. The first kappa shape index (κ1) is 23.3. The van der Waals surface area contributed by atoms with E-state index in [1.807, 2.05) is 0 Å². The monoisotopic (exact) mass is 458 g/mol. The van der Waals surface area contributed by atoms with E-state index in [1.165, 1.54) is 32.4 Å². The average molecular weight is 459 g/mol. The van der Waals surface area contributed by atoms with Crippen LogP contribution in [0.1, 0.15) is 43.9 Å². The van der Waals surface area contributed by atoms with Crippen molar-refractivity contribution in [3.63, 3.8) is 0 Å². The minimum Gasteiger partial charge on any atom is -0.465 e. The lowest BCUT2D eigenvalue weighted by atomic mass is 9.95. The molecule has 0 spiro atoms. The van der Waals surface area contributed by atoms with Crippen LogP contribution in [0.2, 0.25) is 5.02 Å². The molecule has 0 aliphatic carbocycles. The molecule has 1 aliphatic heterocycles. The molecule has 168 valence electrons. The van der Waals surface area contributed by atoms with E-state index in [9.17, 15) is 19.2 Å². The Bertz CT molecular complexity index is 995. The third-order valence-corrected chi connectivity index (χ3v) is 5.54. The Hall–Kier alpha value is -3.39. The molecule has 0 radical (unpaired) electrons. The number of halogens is 1. The molecule has 2 amide bonds. The highest BCUT2D eigenvalue weighted by atomic mass is 35.5. The number of anilines is 1. The van der Waals surface area contributed by atoms with Crippen molar-refractivity contribution in [3.05, 3.63) is 64.2 Å². The number of methoxy groups -OCH3 is 2. The van der Waals surface area contributed by atoms with Crippen LogP contribution >= 0.6 is 11.6 Å². The maximum Gasteiger partial charge on any atom is 0.337 e. The Morgan fingerprint density at radius 2 is 1.41 bits per heavy atom. The Labute approximate surface area is 190 Å². The van der Waals surface area contributed by atoms with Gasteiger partial charge < -0.3 is 19.7 Å². The molecular formula is C23H23ClN2O6. The van der Waals surface area contributed by atoms with Crippen LogP contribution in [-0.4, -0.2) is 56.0 Å². The molecule has 8 nitrogen and oxygen atoms in total. The van der Waals surface area contributed by atoms with Gasteiger partial charge >= 0.3 is 11.9 Å². The molecule has 32 heavy (non-hydrogen) atoms. The molecule has 1 fully saturated rings. The van der Waals surface area contributed by atoms with Gasteiger partial charge in [-0.05, 0) is 55.3 Å². The van der Waals surface area contributed by atoms with Crippen LogP contribution in [0.5, 0.6) is 0 Å². The van der Waals surface area contributed by atoms with Crippen LogP contribution in [0.4, 0.5) is 5.69 Å². The fourth-order valence-corrected chi connectivity index (χ4v) is 3.66. The molecule has 3 rings (SSSR count). The van der Waals surface area contributed by atoms with Crippen LogP contribution in [-0.2, 0) is 14.3 Å². The second-order valence-electron chi connectivity index (χ2n) is 7.34. The lowest BCUT2D eigenvalue weighted by molar-refractivity contribution is -0.121. The molecule has 0 saturated carbocycles. The topological polar surface area (TPSA) is 102 Å². The van der Waals surface area contributed by atoms with Crippen LogP contribution in [0.25, 0.3) is 0 Å². The number of hydrogen-bond donors (Lipinski definition) is 1. The van der Waals surface area contributed by atoms with Crippen molar-refractivity contribution >= 4 is 41.0 Å². The maximum atomic E-state index is 12.8. The van der Waals surface area contributed by atoms with Gasteiger partial charge in [0.25, 0.3) is 5.91 Å². The van der Waals surface area contributed by atoms with Crippen molar-refractivity contribution < 1.29 is 28.7 Å². The van der Waals surface area contributed by atoms with Gasteiger partial charge in [0.15, 0.2) is 0 Å². The van der Waals surface area contributed by atoms with Crippen molar-refractivity contribution in [2.24, 2.45) is 5.92 Å². The van der Waals surface area contributed by atoms with E-state index in [4.69, 9.17) is 21.1 Å². The van der Waals surface area contributed by atoms with Gasteiger partial charge in [-0.2, -0.15) is 0 Å². The largest absolute Gasteiger partial charge is 0.465 e. The number of benzene rings is 2. The number of esters is 2. The third kappa shape index (κ3) is 5.45. The molecule has 0 unspecified atom stereocenters. The standard InChI is InChI=1S/C23H23ClN2O6/c1-31-22(29)16-11-17(23(30)32-2)13-19(12-16)25-20(27)14-7-9-26(10-8-14)21(28)15-3-5-18(24)6-4-15/h3-6,11-14H,7-10H2,1-2H3,(H,25,27). The maximum absolute atomic E-state index is 12.8. The van der Waals surface area contributed by atoms with E-state index in [1.54, 1.807) is 29.2 Å². The SMILES string of the molecule is COC(=O)c1cc(NC(=O)C2CCN(C(=O)c3ccc(Cl)cc3)CC2)cc(C(=O)OC)c1. The van der Waals surface area contributed by atoms with E-state index in [2.05, 4.69) is 5.32 Å². The Morgan fingerprint density at radius 1 is 0.875 bits per heavy atom. The number of piperidine rings is 1. The predicted molar refractivity (Wildman–Crippen MR) is 118 cm³/mol. The lowest BCUT2D eigenvalue weighted by Crippen LogP contribution is -2.41.